The van der Waals surface area contributed by atoms with Crippen molar-refractivity contribution < 1.29 is 24.5 Å². The standard InChI is InChI=1S/C23H17ClN2O5/c1-31-18-7-6-14(12-15(18)24)21(28)19-20(13-8-10-25-11-9-13)26(23(30)22(19)29)16-4-2-3-5-17(16)27/h2-12,20,27-28H,1H3/b21-19-. The number of carbonyl (C=O) groups is 2. The van der Waals surface area contributed by atoms with Crippen LogP contribution in [0.25, 0.3) is 5.76 Å². The fraction of sp³-hybridized carbons (Fsp3) is 0.0870. The number of anilines is 1. The molecular formula is C23H17ClN2O5. The predicted molar refractivity (Wildman–Crippen MR) is 115 cm³/mol. The number of pyridine rings is 1. The van der Waals surface area contributed by atoms with Gasteiger partial charge in [0.25, 0.3) is 11.7 Å². The molecule has 0 saturated carbocycles. The zero-order valence-corrected chi connectivity index (χ0v) is 17.1. The summed E-state index contributed by atoms with van der Waals surface area (Å²) in [5.41, 5.74) is 0.817. The van der Waals surface area contributed by atoms with Gasteiger partial charge >= 0.3 is 0 Å². The van der Waals surface area contributed by atoms with Gasteiger partial charge < -0.3 is 14.9 Å². The van der Waals surface area contributed by atoms with Crippen molar-refractivity contribution in [2.45, 2.75) is 6.04 Å². The molecule has 8 heteroatoms. The molecule has 1 aliphatic rings. The SMILES string of the molecule is COc1ccc(/C(O)=C2/C(=O)C(=O)N(c3ccccc3O)C2c2ccncc2)cc1Cl. The van der Waals surface area contributed by atoms with Crippen LogP contribution in [0.5, 0.6) is 11.5 Å². The number of ether oxygens (including phenoxy) is 1. The van der Waals surface area contributed by atoms with Crippen LogP contribution in [0.1, 0.15) is 17.2 Å². The fourth-order valence-corrected chi connectivity index (χ4v) is 3.84. The smallest absolute Gasteiger partial charge is 0.300 e. The van der Waals surface area contributed by atoms with E-state index in [0.717, 1.165) is 0 Å². The zero-order chi connectivity index (χ0) is 22.1. The lowest BCUT2D eigenvalue weighted by Gasteiger charge is -2.25. The molecule has 0 radical (unpaired) electrons. The highest BCUT2D eigenvalue weighted by molar-refractivity contribution is 6.52. The number of nitrogens with zero attached hydrogens (tertiary/aromatic N) is 2. The molecule has 2 N–H and O–H groups in total. The summed E-state index contributed by atoms with van der Waals surface area (Å²) < 4.78 is 5.13. The Bertz CT molecular complexity index is 1210. The van der Waals surface area contributed by atoms with Gasteiger partial charge in [-0.15, -0.1) is 0 Å². The predicted octanol–water partition coefficient (Wildman–Crippen LogP) is 4.08. The van der Waals surface area contributed by atoms with Crippen molar-refractivity contribution in [3.05, 3.63) is 88.7 Å². The summed E-state index contributed by atoms with van der Waals surface area (Å²) >= 11 is 6.18. The van der Waals surface area contributed by atoms with Crippen molar-refractivity contribution >= 4 is 34.7 Å². The van der Waals surface area contributed by atoms with E-state index in [9.17, 15) is 19.8 Å². The van der Waals surface area contributed by atoms with E-state index in [0.29, 0.717) is 11.3 Å². The number of amides is 1. The van der Waals surface area contributed by atoms with Crippen LogP contribution in [-0.4, -0.2) is 34.0 Å². The number of methoxy groups -OCH3 is 1. The van der Waals surface area contributed by atoms with E-state index in [1.165, 1.54) is 48.7 Å². The van der Waals surface area contributed by atoms with Crippen LogP contribution >= 0.6 is 11.6 Å². The zero-order valence-electron chi connectivity index (χ0n) is 16.3. The highest BCUT2D eigenvalue weighted by Crippen LogP contribution is 2.44. The van der Waals surface area contributed by atoms with Crippen molar-refractivity contribution in [3.63, 3.8) is 0 Å². The number of aliphatic hydroxyl groups is 1. The van der Waals surface area contributed by atoms with E-state index < -0.39 is 17.7 Å². The number of phenolic OH excluding ortho intramolecular Hbond substituents is 1. The summed E-state index contributed by atoms with van der Waals surface area (Å²) in [7, 11) is 1.46. The van der Waals surface area contributed by atoms with Crippen LogP contribution in [0.2, 0.25) is 5.02 Å². The first-order valence-electron chi connectivity index (χ1n) is 9.27. The summed E-state index contributed by atoms with van der Waals surface area (Å²) in [6, 6.07) is 13.0. The Labute approximate surface area is 182 Å². The van der Waals surface area contributed by atoms with E-state index in [1.54, 1.807) is 30.3 Å². The second-order valence-corrected chi connectivity index (χ2v) is 7.19. The van der Waals surface area contributed by atoms with E-state index in [1.807, 2.05) is 0 Å². The van der Waals surface area contributed by atoms with Gasteiger partial charge in [0.2, 0.25) is 0 Å². The van der Waals surface area contributed by atoms with Gasteiger partial charge in [0, 0.05) is 18.0 Å². The molecule has 1 fully saturated rings. The molecule has 1 aliphatic heterocycles. The molecule has 2 aromatic carbocycles. The molecule has 1 saturated heterocycles. The van der Waals surface area contributed by atoms with Crippen molar-refractivity contribution in [1.82, 2.24) is 4.98 Å². The Morgan fingerprint density at radius 3 is 2.45 bits per heavy atom. The highest BCUT2D eigenvalue weighted by Gasteiger charge is 2.47. The van der Waals surface area contributed by atoms with E-state index >= 15 is 0 Å². The van der Waals surface area contributed by atoms with Crippen LogP contribution in [-0.2, 0) is 9.59 Å². The minimum atomic E-state index is -0.975. The third-order valence-corrected chi connectivity index (χ3v) is 5.33. The molecular weight excluding hydrogens is 420 g/mol. The van der Waals surface area contributed by atoms with E-state index in [2.05, 4.69) is 4.98 Å². The molecule has 2 heterocycles. The Balaban J connectivity index is 1.95. The maximum absolute atomic E-state index is 13.0. The third-order valence-electron chi connectivity index (χ3n) is 5.03. The van der Waals surface area contributed by atoms with Gasteiger partial charge in [-0.3, -0.25) is 19.5 Å². The number of ketones is 1. The average Bonchev–Trinajstić information content (AvgIpc) is 3.04. The number of halogens is 1. The number of aromatic nitrogens is 1. The quantitative estimate of drug-likeness (QED) is 0.363. The molecule has 1 aromatic heterocycles. The minimum absolute atomic E-state index is 0.124. The first-order valence-corrected chi connectivity index (χ1v) is 9.64. The van der Waals surface area contributed by atoms with Crippen molar-refractivity contribution in [2.24, 2.45) is 0 Å². The Morgan fingerprint density at radius 1 is 1.10 bits per heavy atom. The maximum atomic E-state index is 13.0. The lowest BCUT2D eigenvalue weighted by atomic mass is 9.95. The molecule has 1 amide bonds. The summed E-state index contributed by atoms with van der Waals surface area (Å²) in [6.45, 7) is 0. The van der Waals surface area contributed by atoms with Gasteiger partial charge in [-0.2, -0.15) is 0 Å². The number of hydrogen-bond acceptors (Lipinski definition) is 6. The molecule has 1 unspecified atom stereocenters. The lowest BCUT2D eigenvalue weighted by molar-refractivity contribution is -0.132. The number of benzene rings is 2. The highest BCUT2D eigenvalue weighted by atomic mass is 35.5. The average molecular weight is 437 g/mol. The van der Waals surface area contributed by atoms with Gasteiger partial charge in [0.15, 0.2) is 0 Å². The first-order chi connectivity index (χ1) is 14.9. The first kappa shape index (κ1) is 20.4. The number of Topliss-reactive ketones (excluding diaryl/α,β-unsaturated/α-hetero) is 1. The van der Waals surface area contributed by atoms with Crippen LogP contribution < -0.4 is 9.64 Å². The molecule has 0 spiro atoms. The molecule has 0 bridgehead atoms. The van der Waals surface area contributed by atoms with Gasteiger partial charge in [-0.25, -0.2) is 0 Å². The summed E-state index contributed by atoms with van der Waals surface area (Å²) in [5.74, 6) is -1.91. The number of hydrogen-bond donors (Lipinski definition) is 2. The van der Waals surface area contributed by atoms with Crippen LogP contribution in [0, 0.1) is 0 Å². The second-order valence-electron chi connectivity index (χ2n) is 6.79. The topological polar surface area (TPSA) is 100.0 Å². The van der Waals surface area contributed by atoms with Crippen molar-refractivity contribution in [2.75, 3.05) is 12.0 Å². The summed E-state index contributed by atoms with van der Waals surface area (Å²) in [4.78, 5) is 31.2. The minimum Gasteiger partial charge on any atom is -0.507 e. The molecule has 1 atom stereocenters. The number of para-hydroxylation sites is 2. The largest absolute Gasteiger partial charge is 0.507 e. The Hall–Kier alpha value is -3.84. The molecule has 3 aromatic rings. The monoisotopic (exact) mass is 436 g/mol. The summed E-state index contributed by atoms with van der Waals surface area (Å²) in [5, 5.41) is 21.7. The van der Waals surface area contributed by atoms with Crippen molar-refractivity contribution in [1.29, 1.82) is 0 Å². The van der Waals surface area contributed by atoms with Crippen LogP contribution in [0.4, 0.5) is 5.69 Å². The number of carbonyl (C=O) groups excluding carboxylic acids is 2. The van der Waals surface area contributed by atoms with Crippen LogP contribution in [0.15, 0.2) is 72.6 Å². The van der Waals surface area contributed by atoms with Gasteiger partial charge in [0.1, 0.15) is 17.3 Å². The number of phenols is 1. The number of aliphatic hydroxyl groups excluding tert-OH is 1. The Kier molecular flexibility index (Phi) is 5.35. The van der Waals surface area contributed by atoms with E-state index in [-0.39, 0.29) is 33.4 Å². The van der Waals surface area contributed by atoms with Gasteiger partial charge in [0.05, 0.1) is 29.4 Å². The fourth-order valence-electron chi connectivity index (χ4n) is 3.58. The summed E-state index contributed by atoms with van der Waals surface area (Å²) in [6.07, 6.45) is 3.04. The van der Waals surface area contributed by atoms with Crippen molar-refractivity contribution in [3.8, 4) is 11.5 Å². The molecule has 4 rings (SSSR count). The molecule has 0 aliphatic carbocycles. The molecule has 156 valence electrons. The normalized spacial score (nSPS) is 17.7. The molecule has 31 heavy (non-hydrogen) atoms. The Morgan fingerprint density at radius 2 is 1.81 bits per heavy atom. The number of rotatable bonds is 4. The lowest BCUT2D eigenvalue weighted by Crippen LogP contribution is -2.29. The third kappa shape index (κ3) is 3.49. The van der Waals surface area contributed by atoms with E-state index in [4.69, 9.17) is 16.3 Å². The molecule has 7 nitrogen and oxygen atoms in total. The maximum Gasteiger partial charge on any atom is 0.300 e. The van der Waals surface area contributed by atoms with Gasteiger partial charge in [-0.1, -0.05) is 23.7 Å². The second kappa shape index (κ2) is 8.12. The van der Waals surface area contributed by atoms with Gasteiger partial charge in [-0.05, 0) is 48.0 Å². The number of aromatic hydroxyl groups is 1. The van der Waals surface area contributed by atoms with Crippen LogP contribution in [0.3, 0.4) is 0 Å².